The lowest BCUT2D eigenvalue weighted by atomic mass is 9.82. The lowest BCUT2D eigenvalue weighted by molar-refractivity contribution is -0.156. The van der Waals surface area contributed by atoms with E-state index in [-0.39, 0.29) is 23.8 Å². The Morgan fingerprint density at radius 2 is 0.868 bits per heavy atom. The van der Waals surface area contributed by atoms with E-state index >= 15 is 0 Å². The maximum absolute atomic E-state index is 12.6. The van der Waals surface area contributed by atoms with Gasteiger partial charge in [-0.1, -0.05) is 119 Å². The predicted molar refractivity (Wildman–Crippen MR) is 160 cm³/mol. The van der Waals surface area contributed by atoms with E-state index in [0.29, 0.717) is 25.0 Å². The van der Waals surface area contributed by atoms with Crippen molar-refractivity contribution in [2.24, 2.45) is 35.5 Å². The van der Waals surface area contributed by atoms with Gasteiger partial charge < -0.3 is 9.47 Å². The third-order valence-electron chi connectivity index (χ3n) is 8.82. The van der Waals surface area contributed by atoms with Crippen LogP contribution in [0.3, 0.4) is 0 Å². The van der Waals surface area contributed by atoms with Gasteiger partial charge >= 0.3 is 11.9 Å². The van der Waals surface area contributed by atoms with Gasteiger partial charge in [0.15, 0.2) is 0 Å². The molecule has 0 N–H and O–H groups in total. The van der Waals surface area contributed by atoms with Crippen LogP contribution < -0.4 is 0 Å². The van der Waals surface area contributed by atoms with Crippen molar-refractivity contribution >= 4 is 11.9 Å². The summed E-state index contributed by atoms with van der Waals surface area (Å²) in [5.41, 5.74) is 0. The topological polar surface area (TPSA) is 52.6 Å². The Morgan fingerprint density at radius 3 is 1.21 bits per heavy atom. The molecule has 1 aliphatic carbocycles. The van der Waals surface area contributed by atoms with E-state index in [0.717, 1.165) is 50.4 Å². The summed E-state index contributed by atoms with van der Waals surface area (Å²) >= 11 is 0. The molecule has 0 aromatic heterocycles. The minimum Gasteiger partial charge on any atom is -0.465 e. The first-order chi connectivity index (χ1) is 18.3. The Labute approximate surface area is 236 Å². The van der Waals surface area contributed by atoms with E-state index in [1.54, 1.807) is 0 Å². The van der Waals surface area contributed by atoms with Crippen molar-refractivity contribution in [3.8, 4) is 0 Å². The minimum absolute atomic E-state index is 0.0542. The van der Waals surface area contributed by atoms with Gasteiger partial charge in [-0.25, -0.2) is 0 Å². The summed E-state index contributed by atoms with van der Waals surface area (Å²) in [4.78, 5) is 25.2. The minimum atomic E-state index is -0.0614. The second kappa shape index (κ2) is 21.7. The molecule has 0 radical (unpaired) electrons. The summed E-state index contributed by atoms with van der Waals surface area (Å²) in [6, 6.07) is 0. The van der Waals surface area contributed by atoms with Crippen LogP contribution in [0.2, 0.25) is 0 Å². The molecule has 1 saturated carbocycles. The molecule has 4 nitrogen and oxygen atoms in total. The fraction of sp³-hybridized carbons (Fsp3) is 0.941. The van der Waals surface area contributed by atoms with Crippen LogP contribution in [0.5, 0.6) is 0 Å². The zero-order chi connectivity index (χ0) is 28.2. The number of ether oxygens (including phenoxy) is 2. The van der Waals surface area contributed by atoms with Crippen molar-refractivity contribution in [2.45, 2.75) is 157 Å². The van der Waals surface area contributed by atoms with Gasteiger partial charge in [-0.2, -0.15) is 0 Å². The summed E-state index contributed by atoms with van der Waals surface area (Å²) in [5.74, 6) is 2.10. The molecule has 1 rings (SSSR count). The molecule has 224 valence electrons. The van der Waals surface area contributed by atoms with Crippen molar-refractivity contribution in [3.63, 3.8) is 0 Å². The second-order valence-corrected chi connectivity index (χ2v) is 13.1. The third kappa shape index (κ3) is 16.8. The molecule has 38 heavy (non-hydrogen) atoms. The van der Waals surface area contributed by atoms with E-state index in [4.69, 9.17) is 9.47 Å². The molecule has 0 aromatic carbocycles. The molecule has 0 saturated heterocycles. The number of carbonyl (C=O) groups is 2. The van der Waals surface area contributed by atoms with Crippen LogP contribution in [-0.4, -0.2) is 25.2 Å². The van der Waals surface area contributed by atoms with Crippen molar-refractivity contribution in [1.82, 2.24) is 0 Å². The first kappa shape index (κ1) is 35.0. The van der Waals surface area contributed by atoms with Crippen LogP contribution in [0.1, 0.15) is 157 Å². The second-order valence-electron chi connectivity index (χ2n) is 13.1. The highest BCUT2D eigenvalue weighted by atomic mass is 16.5. The largest absolute Gasteiger partial charge is 0.465 e. The smallest absolute Gasteiger partial charge is 0.308 e. The van der Waals surface area contributed by atoms with Crippen LogP contribution in [0.15, 0.2) is 0 Å². The monoisotopic (exact) mass is 536 g/mol. The molecule has 4 atom stereocenters. The molecule has 4 unspecified atom stereocenters. The molecular formula is C34H64O4. The lowest BCUT2D eigenvalue weighted by Gasteiger charge is -2.27. The molecule has 0 aromatic rings. The summed E-state index contributed by atoms with van der Waals surface area (Å²) in [7, 11) is 0. The number of rotatable bonds is 22. The molecule has 4 heteroatoms. The fourth-order valence-corrected chi connectivity index (χ4v) is 5.68. The van der Waals surface area contributed by atoms with E-state index in [9.17, 15) is 9.59 Å². The van der Waals surface area contributed by atoms with Gasteiger partial charge in [0.05, 0.1) is 25.0 Å². The van der Waals surface area contributed by atoms with Crippen LogP contribution in [0.25, 0.3) is 0 Å². The van der Waals surface area contributed by atoms with Crippen LogP contribution in [0.4, 0.5) is 0 Å². The molecule has 1 aliphatic rings. The van der Waals surface area contributed by atoms with Crippen molar-refractivity contribution in [3.05, 3.63) is 0 Å². The Kier molecular flexibility index (Phi) is 20.0. The zero-order valence-corrected chi connectivity index (χ0v) is 26.2. The van der Waals surface area contributed by atoms with E-state index in [1.165, 1.54) is 77.0 Å². The number of unbranched alkanes of at least 4 members (excludes halogenated alkanes) is 6. The van der Waals surface area contributed by atoms with Gasteiger partial charge in [-0.3, -0.25) is 9.59 Å². The standard InChI is InChI=1S/C34H64O4/c1-7-9-11-13-15-27(3)17-19-29(5)25-37-33(35)31-21-23-32(24-22-31)34(36)38-26-30(6)20-18-28(4)16-14-12-10-8-2/h27-32H,7-26H2,1-6H3. The summed E-state index contributed by atoms with van der Waals surface area (Å²) in [6.07, 6.45) is 20.9. The fourth-order valence-electron chi connectivity index (χ4n) is 5.68. The number of hydrogen-bond donors (Lipinski definition) is 0. The van der Waals surface area contributed by atoms with Crippen molar-refractivity contribution in [1.29, 1.82) is 0 Å². The Morgan fingerprint density at radius 1 is 0.526 bits per heavy atom. The lowest BCUT2D eigenvalue weighted by Crippen LogP contribution is -2.29. The quantitative estimate of drug-likeness (QED) is 0.102. The van der Waals surface area contributed by atoms with E-state index in [2.05, 4.69) is 41.5 Å². The summed E-state index contributed by atoms with van der Waals surface area (Å²) in [5, 5.41) is 0. The highest BCUT2D eigenvalue weighted by molar-refractivity contribution is 5.75. The van der Waals surface area contributed by atoms with E-state index in [1.807, 2.05) is 0 Å². The first-order valence-electron chi connectivity index (χ1n) is 16.6. The van der Waals surface area contributed by atoms with E-state index < -0.39 is 0 Å². The predicted octanol–water partition coefficient (Wildman–Crippen LogP) is 9.92. The molecule has 0 aliphatic heterocycles. The zero-order valence-electron chi connectivity index (χ0n) is 26.2. The summed E-state index contributed by atoms with van der Waals surface area (Å²) in [6.45, 7) is 14.7. The Bertz CT molecular complexity index is 543. The number of hydrogen-bond acceptors (Lipinski definition) is 4. The van der Waals surface area contributed by atoms with Gasteiger partial charge in [-0.15, -0.1) is 0 Å². The molecule has 0 heterocycles. The molecular weight excluding hydrogens is 472 g/mol. The number of esters is 2. The highest BCUT2D eigenvalue weighted by Crippen LogP contribution is 2.31. The normalized spacial score (nSPS) is 20.9. The van der Waals surface area contributed by atoms with Gasteiger partial charge in [0.2, 0.25) is 0 Å². The first-order valence-corrected chi connectivity index (χ1v) is 16.6. The SMILES string of the molecule is CCCCCCC(C)CCC(C)COC(=O)C1CCC(C(=O)OCC(C)CCC(C)CCCCCC)CC1. The molecule has 0 amide bonds. The summed E-state index contributed by atoms with van der Waals surface area (Å²) < 4.78 is 11.4. The molecule has 0 spiro atoms. The molecule has 1 fully saturated rings. The average Bonchev–Trinajstić information content (AvgIpc) is 2.92. The van der Waals surface area contributed by atoms with Crippen molar-refractivity contribution < 1.29 is 19.1 Å². The van der Waals surface area contributed by atoms with Gasteiger partial charge in [0.25, 0.3) is 0 Å². The number of carbonyl (C=O) groups excluding carboxylic acids is 2. The third-order valence-corrected chi connectivity index (χ3v) is 8.82. The maximum Gasteiger partial charge on any atom is 0.308 e. The van der Waals surface area contributed by atoms with Gasteiger partial charge in [0, 0.05) is 0 Å². The van der Waals surface area contributed by atoms with Gasteiger partial charge in [0.1, 0.15) is 0 Å². The van der Waals surface area contributed by atoms with Crippen molar-refractivity contribution in [2.75, 3.05) is 13.2 Å². The molecule has 0 bridgehead atoms. The Balaban J connectivity index is 2.15. The van der Waals surface area contributed by atoms with Crippen LogP contribution >= 0.6 is 0 Å². The Hall–Kier alpha value is -1.06. The highest BCUT2D eigenvalue weighted by Gasteiger charge is 2.32. The van der Waals surface area contributed by atoms with Gasteiger partial charge in [-0.05, 0) is 62.2 Å². The van der Waals surface area contributed by atoms with Crippen LogP contribution in [0, 0.1) is 35.5 Å². The van der Waals surface area contributed by atoms with Crippen LogP contribution in [-0.2, 0) is 19.1 Å². The average molecular weight is 537 g/mol. The maximum atomic E-state index is 12.6.